The van der Waals surface area contributed by atoms with Crippen molar-refractivity contribution in [3.8, 4) is 17.2 Å². The Labute approximate surface area is 190 Å². The van der Waals surface area contributed by atoms with Crippen molar-refractivity contribution in [2.75, 3.05) is 0 Å². The Morgan fingerprint density at radius 1 is 0.812 bits per heavy atom. The highest BCUT2D eigenvalue weighted by atomic mass is 28.4. The number of hydrogen-bond acceptors (Lipinski definition) is 4. The number of carbonyl (C=O) groups is 1. The molecule has 6 heteroatoms. The van der Waals surface area contributed by atoms with E-state index in [2.05, 4.69) is 0 Å². The van der Waals surface area contributed by atoms with Crippen LogP contribution in [0.25, 0.3) is 0 Å². The summed E-state index contributed by atoms with van der Waals surface area (Å²) in [4.78, 5) is 11.2. The molecule has 0 aromatic heterocycles. The van der Waals surface area contributed by atoms with Crippen LogP contribution in [-0.2, 0) is 4.79 Å². The molecule has 3 rings (SSSR count). The Kier molecular flexibility index (Phi) is 8.11. The quantitative estimate of drug-likeness (QED) is 0.273. The highest BCUT2D eigenvalue weighted by Gasteiger charge is 2.54. The SMILES string of the molecule is CC(=CCCC(C)[Si](Oc1ccccc1)(Oc1ccccc1)Oc1ccccc1)C(=O)O. The van der Waals surface area contributed by atoms with Crippen LogP contribution in [0, 0.1) is 0 Å². The zero-order valence-corrected chi connectivity index (χ0v) is 19.3. The van der Waals surface area contributed by atoms with E-state index in [-0.39, 0.29) is 5.54 Å². The summed E-state index contributed by atoms with van der Waals surface area (Å²) < 4.78 is 19.6. The van der Waals surface area contributed by atoms with Crippen molar-refractivity contribution in [3.63, 3.8) is 0 Å². The summed E-state index contributed by atoms with van der Waals surface area (Å²) >= 11 is 0. The lowest BCUT2D eigenvalue weighted by molar-refractivity contribution is -0.132. The van der Waals surface area contributed by atoms with Gasteiger partial charge in [-0.25, -0.2) is 4.79 Å². The molecule has 3 aromatic carbocycles. The van der Waals surface area contributed by atoms with Crippen LogP contribution >= 0.6 is 0 Å². The van der Waals surface area contributed by atoms with E-state index in [9.17, 15) is 4.79 Å². The topological polar surface area (TPSA) is 65.0 Å². The summed E-state index contributed by atoms with van der Waals surface area (Å²) in [5.41, 5.74) is 0.197. The third kappa shape index (κ3) is 6.49. The van der Waals surface area contributed by atoms with E-state index in [1.807, 2.05) is 97.9 Å². The molecule has 0 bridgehead atoms. The maximum atomic E-state index is 11.2. The van der Waals surface area contributed by atoms with Gasteiger partial charge in [0.2, 0.25) is 0 Å². The van der Waals surface area contributed by atoms with Crippen LogP contribution in [0.3, 0.4) is 0 Å². The van der Waals surface area contributed by atoms with Crippen LogP contribution in [0.15, 0.2) is 103 Å². The van der Waals surface area contributed by atoms with E-state index in [0.29, 0.717) is 35.7 Å². The van der Waals surface area contributed by atoms with Gasteiger partial charge < -0.3 is 18.4 Å². The zero-order valence-electron chi connectivity index (χ0n) is 18.3. The average Bonchev–Trinajstić information content (AvgIpc) is 2.80. The number of benzene rings is 3. The van der Waals surface area contributed by atoms with Crippen LogP contribution in [0.1, 0.15) is 26.7 Å². The van der Waals surface area contributed by atoms with E-state index >= 15 is 0 Å². The van der Waals surface area contributed by atoms with E-state index in [0.717, 1.165) is 0 Å². The molecule has 0 radical (unpaired) electrons. The molecule has 0 spiro atoms. The van der Waals surface area contributed by atoms with Crippen molar-refractivity contribution in [2.24, 2.45) is 0 Å². The van der Waals surface area contributed by atoms with Crippen LogP contribution in [0.5, 0.6) is 17.2 Å². The summed E-state index contributed by atoms with van der Waals surface area (Å²) in [6.07, 6.45) is 2.94. The monoisotopic (exact) mass is 448 g/mol. The Hall–Kier alpha value is -3.51. The number of aliphatic carboxylic acids is 1. The Morgan fingerprint density at radius 3 is 1.53 bits per heavy atom. The molecular formula is C26H28O5Si. The molecule has 1 unspecified atom stereocenters. The largest absolute Gasteiger partial charge is 0.702 e. The van der Waals surface area contributed by atoms with Crippen molar-refractivity contribution < 1.29 is 23.2 Å². The minimum Gasteiger partial charge on any atom is -0.483 e. The van der Waals surface area contributed by atoms with Gasteiger partial charge in [-0.05, 0) is 56.2 Å². The van der Waals surface area contributed by atoms with E-state index in [4.69, 9.17) is 18.4 Å². The van der Waals surface area contributed by atoms with Gasteiger partial charge >= 0.3 is 14.8 Å². The number of carboxylic acids is 1. The van der Waals surface area contributed by atoms with Gasteiger partial charge in [-0.15, -0.1) is 0 Å². The summed E-state index contributed by atoms with van der Waals surface area (Å²) in [5.74, 6) is 1.07. The predicted octanol–water partition coefficient (Wildman–Crippen LogP) is 6.36. The molecule has 0 saturated heterocycles. The molecule has 0 heterocycles. The molecule has 5 nitrogen and oxygen atoms in total. The lowest BCUT2D eigenvalue weighted by Gasteiger charge is -2.34. The average molecular weight is 449 g/mol. The maximum absolute atomic E-state index is 11.2. The van der Waals surface area contributed by atoms with Gasteiger partial charge in [-0.2, -0.15) is 0 Å². The van der Waals surface area contributed by atoms with Gasteiger partial charge in [0.1, 0.15) is 17.2 Å². The predicted molar refractivity (Wildman–Crippen MR) is 127 cm³/mol. The lowest BCUT2D eigenvalue weighted by Crippen LogP contribution is -2.58. The van der Waals surface area contributed by atoms with E-state index < -0.39 is 14.8 Å². The minimum absolute atomic E-state index is 0.124. The number of para-hydroxylation sites is 3. The first-order chi connectivity index (χ1) is 15.5. The van der Waals surface area contributed by atoms with Crippen molar-refractivity contribution in [2.45, 2.75) is 32.2 Å². The van der Waals surface area contributed by atoms with Crippen molar-refractivity contribution in [1.82, 2.24) is 0 Å². The second-order valence-corrected chi connectivity index (χ2v) is 10.3. The molecule has 0 aliphatic heterocycles. The number of carboxylic acid groups (broad SMARTS) is 1. The summed E-state index contributed by atoms with van der Waals surface area (Å²) in [6, 6.07) is 28.5. The van der Waals surface area contributed by atoms with Crippen LogP contribution in [0.4, 0.5) is 0 Å². The fraction of sp³-hybridized carbons (Fsp3) is 0.192. The molecule has 0 aliphatic rings. The summed E-state index contributed by atoms with van der Waals surface area (Å²) in [6.45, 7) is 3.63. The van der Waals surface area contributed by atoms with Crippen LogP contribution in [0.2, 0.25) is 5.54 Å². The number of hydrogen-bond donors (Lipinski definition) is 1. The Bertz CT molecular complexity index is 905. The Morgan fingerprint density at radius 2 is 1.19 bits per heavy atom. The molecule has 0 fully saturated rings. The molecule has 166 valence electrons. The fourth-order valence-corrected chi connectivity index (χ4v) is 5.78. The second kappa shape index (κ2) is 11.2. The smallest absolute Gasteiger partial charge is 0.483 e. The molecule has 3 aromatic rings. The second-order valence-electron chi connectivity index (χ2n) is 7.52. The normalized spacial score (nSPS) is 12.6. The van der Waals surface area contributed by atoms with Crippen molar-refractivity contribution in [3.05, 3.63) is 103 Å². The van der Waals surface area contributed by atoms with E-state index in [1.165, 1.54) is 0 Å². The highest BCUT2D eigenvalue weighted by molar-refractivity contribution is 6.64. The molecule has 0 saturated carbocycles. The zero-order chi connectivity index (χ0) is 22.8. The highest BCUT2D eigenvalue weighted by Crippen LogP contribution is 2.34. The molecule has 0 aliphatic carbocycles. The fourth-order valence-electron chi connectivity index (χ4n) is 3.14. The minimum atomic E-state index is -3.40. The standard InChI is InChI=1S/C26H28O5Si/c1-21(26(27)28)13-12-14-22(2)32(29-23-15-6-3-7-16-23,30-24-17-8-4-9-18-24)31-25-19-10-5-11-20-25/h3-11,13,15-20,22H,12,14H2,1-2H3,(H,27,28). The van der Waals surface area contributed by atoms with Gasteiger partial charge in [-0.3, -0.25) is 0 Å². The van der Waals surface area contributed by atoms with Gasteiger partial charge in [0.05, 0.1) is 5.54 Å². The molecule has 1 atom stereocenters. The first-order valence-corrected chi connectivity index (χ1v) is 12.4. The molecule has 1 N–H and O–H groups in total. The van der Waals surface area contributed by atoms with Crippen LogP contribution < -0.4 is 13.3 Å². The number of allylic oxidation sites excluding steroid dienone is 1. The van der Waals surface area contributed by atoms with Gasteiger partial charge in [-0.1, -0.05) is 67.6 Å². The molecule has 32 heavy (non-hydrogen) atoms. The van der Waals surface area contributed by atoms with E-state index in [1.54, 1.807) is 13.0 Å². The molecule has 0 amide bonds. The third-order valence-electron chi connectivity index (χ3n) is 5.00. The van der Waals surface area contributed by atoms with Gasteiger partial charge in [0.25, 0.3) is 0 Å². The van der Waals surface area contributed by atoms with Crippen LogP contribution in [-0.4, -0.2) is 19.9 Å². The first kappa shape index (κ1) is 23.2. The van der Waals surface area contributed by atoms with Gasteiger partial charge in [0, 0.05) is 5.57 Å². The van der Waals surface area contributed by atoms with Crippen molar-refractivity contribution >= 4 is 14.8 Å². The first-order valence-electron chi connectivity index (χ1n) is 10.6. The summed E-state index contributed by atoms with van der Waals surface area (Å²) in [5, 5.41) is 9.16. The van der Waals surface area contributed by atoms with Crippen molar-refractivity contribution in [1.29, 1.82) is 0 Å². The molecular weight excluding hydrogens is 420 g/mol. The Balaban J connectivity index is 1.97. The number of rotatable bonds is 11. The summed E-state index contributed by atoms with van der Waals surface area (Å²) in [7, 11) is -3.40. The third-order valence-corrected chi connectivity index (χ3v) is 8.06. The maximum Gasteiger partial charge on any atom is 0.702 e. The van der Waals surface area contributed by atoms with Gasteiger partial charge in [0.15, 0.2) is 0 Å². The lowest BCUT2D eigenvalue weighted by atomic mass is 10.2.